The average Bonchev–Trinajstić information content (AvgIpc) is 2.83. The summed E-state index contributed by atoms with van der Waals surface area (Å²) in [7, 11) is 0. The second kappa shape index (κ2) is 15.1. The zero-order valence-corrected chi connectivity index (χ0v) is 21.9. The Hall–Kier alpha value is -1.99. The first-order valence-corrected chi connectivity index (χ1v) is 13.3. The monoisotopic (exact) mass is 481 g/mol. The van der Waals surface area contributed by atoms with Crippen molar-refractivity contribution >= 4 is 17.3 Å². The minimum absolute atomic E-state index is 0.349. The van der Waals surface area contributed by atoms with E-state index in [9.17, 15) is 0 Å². The molecule has 1 saturated heterocycles. The first-order valence-electron chi connectivity index (χ1n) is 12.9. The van der Waals surface area contributed by atoms with Crippen molar-refractivity contribution in [2.24, 2.45) is 0 Å². The van der Waals surface area contributed by atoms with Crippen LogP contribution >= 0.6 is 12.2 Å². The van der Waals surface area contributed by atoms with Crippen LogP contribution in [-0.2, 0) is 13.1 Å². The standard InChI is InChI=1S/C28H43N5S/c1-25(2)30-28(34)33-19-10-18-31(23-26-11-5-3-6-12-26)20-16-29-15-9-17-32(21-22-33)24-27-13-7-4-8-14-27/h3-8,11-14,25,29H,9-10,15-24H2,1-2H3,(H,30,34). The summed E-state index contributed by atoms with van der Waals surface area (Å²) < 4.78 is 0. The Bertz CT molecular complexity index is 814. The number of rotatable bonds is 5. The van der Waals surface area contributed by atoms with Crippen molar-refractivity contribution in [3.8, 4) is 0 Å². The van der Waals surface area contributed by atoms with Gasteiger partial charge in [0, 0.05) is 58.4 Å². The van der Waals surface area contributed by atoms with E-state index in [4.69, 9.17) is 12.2 Å². The van der Waals surface area contributed by atoms with Gasteiger partial charge in [0.15, 0.2) is 5.11 Å². The summed E-state index contributed by atoms with van der Waals surface area (Å²) in [5.41, 5.74) is 2.76. The Kier molecular flexibility index (Phi) is 11.8. The topological polar surface area (TPSA) is 33.8 Å². The lowest BCUT2D eigenvalue weighted by molar-refractivity contribution is 0.214. The summed E-state index contributed by atoms with van der Waals surface area (Å²) in [6.07, 6.45) is 2.26. The van der Waals surface area contributed by atoms with Gasteiger partial charge in [-0.15, -0.1) is 0 Å². The molecule has 1 aliphatic heterocycles. The molecule has 0 unspecified atom stereocenters. The maximum Gasteiger partial charge on any atom is 0.169 e. The molecule has 0 aliphatic carbocycles. The highest BCUT2D eigenvalue weighted by molar-refractivity contribution is 7.80. The van der Waals surface area contributed by atoms with E-state index in [0.29, 0.717) is 6.04 Å². The molecule has 2 aromatic carbocycles. The van der Waals surface area contributed by atoms with Gasteiger partial charge in [-0.25, -0.2) is 0 Å². The Labute approximate surface area is 212 Å². The summed E-state index contributed by atoms with van der Waals surface area (Å²) in [5.74, 6) is 0. The third-order valence-corrected chi connectivity index (χ3v) is 6.59. The second-order valence-corrected chi connectivity index (χ2v) is 9.96. The Morgan fingerprint density at radius 1 is 0.765 bits per heavy atom. The predicted molar refractivity (Wildman–Crippen MR) is 148 cm³/mol. The van der Waals surface area contributed by atoms with Crippen LogP contribution in [0.3, 0.4) is 0 Å². The second-order valence-electron chi connectivity index (χ2n) is 9.57. The molecule has 5 nitrogen and oxygen atoms in total. The van der Waals surface area contributed by atoms with Crippen LogP contribution in [0.1, 0.15) is 37.8 Å². The van der Waals surface area contributed by atoms with Gasteiger partial charge in [-0.1, -0.05) is 60.7 Å². The zero-order chi connectivity index (χ0) is 24.0. The number of nitrogens with one attached hydrogen (secondary N) is 2. The molecule has 0 spiro atoms. The molecule has 0 radical (unpaired) electrons. The van der Waals surface area contributed by atoms with Crippen LogP contribution in [-0.4, -0.2) is 78.2 Å². The number of thiocarbonyl (C=S) groups is 1. The molecule has 2 aromatic rings. The molecule has 0 atom stereocenters. The molecule has 34 heavy (non-hydrogen) atoms. The van der Waals surface area contributed by atoms with Gasteiger partial charge in [-0.3, -0.25) is 9.80 Å². The number of hydrogen-bond donors (Lipinski definition) is 2. The summed E-state index contributed by atoms with van der Waals surface area (Å²) in [4.78, 5) is 7.54. The minimum atomic E-state index is 0.349. The molecule has 1 fully saturated rings. The van der Waals surface area contributed by atoms with Crippen LogP contribution < -0.4 is 10.6 Å². The lowest BCUT2D eigenvalue weighted by atomic mass is 10.2. The van der Waals surface area contributed by atoms with Crippen LogP contribution in [0.15, 0.2) is 60.7 Å². The highest BCUT2D eigenvalue weighted by Gasteiger charge is 2.15. The van der Waals surface area contributed by atoms with Crippen molar-refractivity contribution in [1.29, 1.82) is 0 Å². The molecule has 1 heterocycles. The number of nitrogens with zero attached hydrogens (tertiary/aromatic N) is 3. The number of hydrogen-bond acceptors (Lipinski definition) is 4. The predicted octanol–water partition coefficient (Wildman–Crippen LogP) is 3.96. The van der Waals surface area contributed by atoms with E-state index in [0.717, 1.165) is 83.4 Å². The normalized spacial score (nSPS) is 17.9. The highest BCUT2D eigenvalue weighted by Crippen LogP contribution is 2.09. The molecule has 3 rings (SSSR count). The van der Waals surface area contributed by atoms with Gasteiger partial charge >= 0.3 is 0 Å². The first-order chi connectivity index (χ1) is 16.6. The molecule has 2 N–H and O–H groups in total. The molecule has 1 aliphatic rings. The molecule has 0 amide bonds. The van der Waals surface area contributed by atoms with Gasteiger partial charge in [0.25, 0.3) is 0 Å². The van der Waals surface area contributed by atoms with E-state index < -0.39 is 0 Å². The highest BCUT2D eigenvalue weighted by atomic mass is 32.1. The van der Waals surface area contributed by atoms with Crippen molar-refractivity contribution in [3.63, 3.8) is 0 Å². The summed E-state index contributed by atoms with van der Waals surface area (Å²) in [5, 5.41) is 8.04. The van der Waals surface area contributed by atoms with Crippen LogP contribution in [0.4, 0.5) is 0 Å². The third-order valence-electron chi connectivity index (χ3n) is 6.22. The quantitative estimate of drug-likeness (QED) is 0.630. The van der Waals surface area contributed by atoms with Crippen LogP contribution in [0.25, 0.3) is 0 Å². The molecule has 186 valence electrons. The fraction of sp³-hybridized carbons (Fsp3) is 0.536. The summed E-state index contributed by atoms with van der Waals surface area (Å²) in [6.45, 7) is 14.6. The van der Waals surface area contributed by atoms with E-state index in [-0.39, 0.29) is 0 Å². The van der Waals surface area contributed by atoms with Gasteiger partial charge in [0.05, 0.1) is 0 Å². The Balaban J connectivity index is 1.64. The van der Waals surface area contributed by atoms with Gasteiger partial charge in [0.2, 0.25) is 0 Å². The largest absolute Gasteiger partial charge is 0.360 e. The van der Waals surface area contributed by atoms with Gasteiger partial charge in [0.1, 0.15) is 0 Å². The molecule has 0 saturated carbocycles. The maximum absolute atomic E-state index is 5.82. The molecular formula is C28H43N5S. The number of benzene rings is 2. The summed E-state index contributed by atoms with van der Waals surface area (Å²) >= 11 is 5.82. The molecular weight excluding hydrogens is 438 g/mol. The van der Waals surface area contributed by atoms with E-state index in [1.165, 1.54) is 11.1 Å². The fourth-order valence-corrected chi connectivity index (χ4v) is 4.83. The summed E-state index contributed by atoms with van der Waals surface area (Å²) in [6, 6.07) is 22.0. The van der Waals surface area contributed by atoms with Crippen LogP contribution in [0.5, 0.6) is 0 Å². The van der Waals surface area contributed by atoms with Crippen molar-refractivity contribution in [2.75, 3.05) is 52.4 Å². The smallest absolute Gasteiger partial charge is 0.169 e. The third kappa shape index (κ3) is 10.1. The Morgan fingerprint density at radius 2 is 1.35 bits per heavy atom. The lowest BCUT2D eigenvalue weighted by Crippen LogP contribution is -2.47. The van der Waals surface area contributed by atoms with Crippen molar-refractivity contribution in [1.82, 2.24) is 25.3 Å². The van der Waals surface area contributed by atoms with Crippen LogP contribution in [0, 0.1) is 0 Å². The first kappa shape index (κ1) is 26.6. The van der Waals surface area contributed by atoms with Gasteiger partial charge < -0.3 is 15.5 Å². The molecule has 0 aromatic heterocycles. The maximum atomic E-state index is 5.82. The van der Waals surface area contributed by atoms with Gasteiger partial charge in [-0.05, 0) is 63.1 Å². The van der Waals surface area contributed by atoms with Crippen LogP contribution in [0.2, 0.25) is 0 Å². The van der Waals surface area contributed by atoms with Gasteiger partial charge in [-0.2, -0.15) is 0 Å². The van der Waals surface area contributed by atoms with E-state index >= 15 is 0 Å². The van der Waals surface area contributed by atoms with E-state index in [1.807, 2.05) is 0 Å². The van der Waals surface area contributed by atoms with E-state index in [2.05, 4.69) is 99.8 Å². The van der Waals surface area contributed by atoms with Crippen molar-refractivity contribution in [3.05, 3.63) is 71.8 Å². The molecule has 0 bridgehead atoms. The lowest BCUT2D eigenvalue weighted by Gasteiger charge is -2.32. The Morgan fingerprint density at radius 3 is 1.97 bits per heavy atom. The van der Waals surface area contributed by atoms with Crippen molar-refractivity contribution in [2.45, 2.75) is 45.8 Å². The average molecular weight is 482 g/mol. The van der Waals surface area contributed by atoms with E-state index in [1.54, 1.807) is 0 Å². The SMILES string of the molecule is CC(C)NC(=S)N1CCCN(Cc2ccccc2)CCNCCCN(Cc2ccccc2)CC1. The zero-order valence-electron chi connectivity index (χ0n) is 21.1. The minimum Gasteiger partial charge on any atom is -0.360 e. The van der Waals surface area contributed by atoms with Crippen molar-refractivity contribution < 1.29 is 0 Å². The molecule has 6 heteroatoms. The fourth-order valence-electron chi connectivity index (χ4n) is 4.41.